The smallest absolute Gasteiger partial charge is 0.410 e. The lowest BCUT2D eigenvalue weighted by Crippen LogP contribution is -2.40. The van der Waals surface area contributed by atoms with Gasteiger partial charge < -0.3 is 9.64 Å². The molecule has 0 saturated heterocycles. The van der Waals surface area contributed by atoms with Crippen molar-refractivity contribution >= 4 is 6.09 Å². The fourth-order valence-corrected chi connectivity index (χ4v) is 0.956. The molecule has 0 aliphatic heterocycles. The molecule has 0 N–H and O–H groups in total. The highest BCUT2D eigenvalue weighted by Gasteiger charge is 2.22. The summed E-state index contributed by atoms with van der Waals surface area (Å²) in [7, 11) is 0. The van der Waals surface area contributed by atoms with Crippen LogP contribution in [0, 0.1) is 0 Å². The summed E-state index contributed by atoms with van der Waals surface area (Å²) in [6, 6.07) is 0.128. The molecule has 0 spiro atoms. The van der Waals surface area contributed by atoms with E-state index in [4.69, 9.17) is 4.74 Å². The zero-order valence-electron chi connectivity index (χ0n) is 9.83. The second-order valence-corrected chi connectivity index (χ2v) is 4.52. The molecule has 0 bridgehead atoms. The van der Waals surface area contributed by atoms with Gasteiger partial charge in [0.15, 0.2) is 0 Å². The molecule has 0 heterocycles. The van der Waals surface area contributed by atoms with Crippen molar-refractivity contribution in [3.63, 3.8) is 0 Å². The summed E-state index contributed by atoms with van der Waals surface area (Å²) in [6.07, 6.45) is 1.41. The summed E-state index contributed by atoms with van der Waals surface area (Å²) >= 11 is 0. The SMILES string of the molecule is C=CCN(C(=O)OC(C)(C)C)C(C)C. The first-order valence-electron chi connectivity index (χ1n) is 4.88. The fourth-order valence-electron chi connectivity index (χ4n) is 0.956. The first kappa shape index (κ1) is 13.0. The molecular weight excluding hydrogens is 178 g/mol. The lowest BCUT2D eigenvalue weighted by atomic mass is 10.2. The summed E-state index contributed by atoms with van der Waals surface area (Å²) < 4.78 is 5.25. The van der Waals surface area contributed by atoms with Gasteiger partial charge in [0.25, 0.3) is 0 Å². The van der Waals surface area contributed by atoms with Gasteiger partial charge in [0.1, 0.15) is 5.60 Å². The van der Waals surface area contributed by atoms with Crippen LogP contribution in [-0.2, 0) is 4.74 Å². The Bertz CT molecular complexity index is 204. The maximum Gasteiger partial charge on any atom is 0.410 e. The third-order valence-corrected chi connectivity index (χ3v) is 1.58. The first-order valence-corrected chi connectivity index (χ1v) is 4.88. The second kappa shape index (κ2) is 5.03. The Balaban J connectivity index is 4.37. The van der Waals surface area contributed by atoms with Gasteiger partial charge in [-0.15, -0.1) is 6.58 Å². The van der Waals surface area contributed by atoms with E-state index in [9.17, 15) is 4.79 Å². The van der Waals surface area contributed by atoms with Crippen molar-refractivity contribution in [2.75, 3.05) is 6.54 Å². The number of rotatable bonds is 3. The highest BCUT2D eigenvalue weighted by Crippen LogP contribution is 2.11. The molecule has 0 saturated carbocycles. The van der Waals surface area contributed by atoms with Crippen LogP contribution in [0.3, 0.4) is 0 Å². The summed E-state index contributed by atoms with van der Waals surface area (Å²) in [5.74, 6) is 0. The van der Waals surface area contributed by atoms with Crippen LogP contribution >= 0.6 is 0 Å². The normalized spacial score (nSPS) is 11.3. The largest absolute Gasteiger partial charge is 0.444 e. The highest BCUT2D eigenvalue weighted by molar-refractivity contribution is 5.68. The summed E-state index contributed by atoms with van der Waals surface area (Å²) in [5.41, 5.74) is -0.439. The van der Waals surface area contributed by atoms with E-state index in [1.165, 1.54) is 0 Å². The highest BCUT2D eigenvalue weighted by atomic mass is 16.6. The molecule has 0 unspecified atom stereocenters. The molecule has 0 radical (unpaired) electrons. The fraction of sp³-hybridized carbons (Fsp3) is 0.727. The van der Waals surface area contributed by atoms with Crippen LogP contribution in [0.15, 0.2) is 12.7 Å². The van der Waals surface area contributed by atoms with E-state index in [-0.39, 0.29) is 12.1 Å². The van der Waals surface area contributed by atoms with E-state index >= 15 is 0 Å². The van der Waals surface area contributed by atoms with Gasteiger partial charge in [-0.3, -0.25) is 0 Å². The Morgan fingerprint density at radius 1 is 1.50 bits per heavy atom. The molecule has 3 nitrogen and oxygen atoms in total. The molecule has 14 heavy (non-hydrogen) atoms. The van der Waals surface area contributed by atoms with Crippen LogP contribution in [0.4, 0.5) is 4.79 Å². The van der Waals surface area contributed by atoms with E-state index in [0.29, 0.717) is 6.54 Å². The third-order valence-electron chi connectivity index (χ3n) is 1.58. The van der Waals surface area contributed by atoms with Gasteiger partial charge in [0, 0.05) is 12.6 Å². The van der Waals surface area contributed by atoms with Crippen molar-refractivity contribution < 1.29 is 9.53 Å². The van der Waals surface area contributed by atoms with Crippen LogP contribution in [0.1, 0.15) is 34.6 Å². The first-order chi connectivity index (χ1) is 6.28. The maximum absolute atomic E-state index is 11.6. The minimum absolute atomic E-state index is 0.128. The lowest BCUT2D eigenvalue weighted by Gasteiger charge is -2.29. The Labute approximate surface area is 86.7 Å². The molecule has 0 aromatic carbocycles. The van der Waals surface area contributed by atoms with E-state index in [2.05, 4.69) is 6.58 Å². The van der Waals surface area contributed by atoms with E-state index < -0.39 is 5.60 Å². The van der Waals surface area contributed by atoms with Crippen LogP contribution in [0.2, 0.25) is 0 Å². The van der Waals surface area contributed by atoms with E-state index in [1.807, 2.05) is 34.6 Å². The Kier molecular flexibility index (Phi) is 4.68. The molecule has 1 amide bonds. The minimum Gasteiger partial charge on any atom is -0.444 e. The van der Waals surface area contributed by atoms with Gasteiger partial charge in [0.05, 0.1) is 0 Å². The van der Waals surface area contributed by atoms with Gasteiger partial charge >= 0.3 is 6.09 Å². The molecule has 0 fully saturated rings. The molecule has 0 aromatic rings. The number of ether oxygens (including phenoxy) is 1. The van der Waals surface area contributed by atoms with E-state index in [0.717, 1.165) is 0 Å². The monoisotopic (exact) mass is 199 g/mol. The van der Waals surface area contributed by atoms with Crippen molar-refractivity contribution in [2.24, 2.45) is 0 Å². The van der Waals surface area contributed by atoms with Crippen molar-refractivity contribution in [3.05, 3.63) is 12.7 Å². The molecule has 0 aromatic heterocycles. The summed E-state index contributed by atoms with van der Waals surface area (Å²) in [6.45, 7) is 13.6. The molecule has 0 rings (SSSR count). The molecular formula is C11H21NO2. The molecule has 0 atom stereocenters. The topological polar surface area (TPSA) is 29.5 Å². The lowest BCUT2D eigenvalue weighted by molar-refractivity contribution is 0.0217. The van der Waals surface area contributed by atoms with Gasteiger partial charge in [-0.1, -0.05) is 6.08 Å². The van der Waals surface area contributed by atoms with Gasteiger partial charge in [-0.2, -0.15) is 0 Å². The molecule has 0 aliphatic carbocycles. The standard InChI is InChI=1S/C11H21NO2/c1-7-8-12(9(2)3)10(13)14-11(4,5)6/h7,9H,1,8H2,2-6H3. The maximum atomic E-state index is 11.6. The number of hydrogen-bond donors (Lipinski definition) is 0. The van der Waals surface area contributed by atoms with Crippen molar-refractivity contribution in [1.82, 2.24) is 4.90 Å². The van der Waals surface area contributed by atoms with Gasteiger partial charge in [-0.25, -0.2) is 4.79 Å². The zero-order valence-corrected chi connectivity index (χ0v) is 9.83. The van der Waals surface area contributed by atoms with Gasteiger partial charge in [-0.05, 0) is 34.6 Å². The van der Waals surface area contributed by atoms with Crippen LogP contribution in [0.5, 0.6) is 0 Å². The van der Waals surface area contributed by atoms with Crippen molar-refractivity contribution in [2.45, 2.75) is 46.3 Å². The number of hydrogen-bond acceptors (Lipinski definition) is 2. The predicted octanol–water partition coefficient (Wildman–Crippen LogP) is 2.82. The van der Waals surface area contributed by atoms with Crippen LogP contribution < -0.4 is 0 Å². The Hall–Kier alpha value is -0.990. The quantitative estimate of drug-likeness (QED) is 0.654. The van der Waals surface area contributed by atoms with Crippen molar-refractivity contribution in [3.8, 4) is 0 Å². The average molecular weight is 199 g/mol. The number of amides is 1. The predicted molar refractivity (Wildman–Crippen MR) is 58.3 cm³/mol. The minimum atomic E-state index is -0.439. The second-order valence-electron chi connectivity index (χ2n) is 4.52. The average Bonchev–Trinajstić information content (AvgIpc) is 1.95. The number of carbonyl (C=O) groups is 1. The molecule has 0 aliphatic rings. The molecule has 3 heteroatoms. The molecule has 82 valence electrons. The Morgan fingerprint density at radius 3 is 2.29 bits per heavy atom. The summed E-state index contributed by atoms with van der Waals surface area (Å²) in [4.78, 5) is 13.3. The van der Waals surface area contributed by atoms with Crippen LogP contribution in [-0.4, -0.2) is 29.2 Å². The van der Waals surface area contributed by atoms with Crippen molar-refractivity contribution in [1.29, 1.82) is 0 Å². The number of carbonyl (C=O) groups excluding carboxylic acids is 1. The van der Waals surface area contributed by atoms with E-state index in [1.54, 1.807) is 11.0 Å². The van der Waals surface area contributed by atoms with Gasteiger partial charge in [0.2, 0.25) is 0 Å². The number of nitrogens with zero attached hydrogens (tertiary/aromatic N) is 1. The van der Waals surface area contributed by atoms with Crippen LogP contribution in [0.25, 0.3) is 0 Å². The Morgan fingerprint density at radius 2 is 2.00 bits per heavy atom. The zero-order chi connectivity index (χ0) is 11.4. The third kappa shape index (κ3) is 4.90. The summed E-state index contributed by atoms with van der Waals surface area (Å²) in [5, 5.41) is 0.